The van der Waals surface area contributed by atoms with E-state index in [2.05, 4.69) is 10.3 Å². The van der Waals surface area contributed by atoms with Crippen molar-refractivity contribution in [2.24, 2.45) is 13.0 Å². The summed E-state index contributed by atoms with van der Waals surface area (Å²) in [6.45, 7) is 4.79. The molecule has 0 radical (unpaired) electrons. The van der Waals surface area contributed by atoms with Crippen molar-refractivity contribution in [1.29, 1.82) is 5.26 Å². The molecule has 11 heteroatoms. The number of alkyl halides is 3. The number of rotatable bonds is 5. The van der Waals surface area contributed by atoms with E-state index in [-0.39, 0.29) is 24.1 Å². The Kier molecular flexibility index (Phi) is 7.59. The second-order valence-electron chi connectivity index (χ2n) is 10.0. The second-order valence-corrected chi connectivity index (χ2v) is 10.0. The number of pyridine rings is 1. The molecule has 0 saturated carbocycles. The maximum absolute atomic E-state index is 13.1. The number of aromatic nitrogens is 2. The summed E-state index contributed by atoms with van der Waals surface area (Å²) in [4.78, 5) is 31.5. The van der Waals surface area contributed by atoms with E-state index in [0.717, 1.165) is 23.4 Å². The molecule has 39 heavy (non-hydrogen) atoms. The molecule has 1 saturated heterocycles. The average Bonchev–Trinajstić information content (AvgIpc) is 3.25. The van der Waals surface area contributed by atoms with Gasteiger partial charge in [0.15, 0.2) is 0 Å². The average molecular weight is 542 g/mol. The quantitative estimate of drug-likeness (QED) is 0.472. The summed E-state index contributed by atoms with van der Waals surface area (Å²) < 4.78 is 46.5. The highest BCUT2D eigenvalue weighted by molar-refractivity contribution is 6.06. The van der Waals surface area contributed by atoms with Gasteiger partial charge in [-0.3, -0.25) is 9.59 Å². The molecule has 2 amide bonds. The third-order valence-corrected chi connectivity index (χ3v) is 7.56. The van der Waals surface area contributed by atoms with E-state index < -0.39 is 23.9 Å². The van der Waals surface area contributed by atoms with Gasteiger partial charge >= 0.3 is 6.18 Å². The molecular weight excluding hydrogens is 511 g/mol. The molecule has 0 aliphatic carbocycles. The second kappa shape index (κ2) is 10.6. The lowest BCUT2D eigenvalue weighted by Crippen LogP contribution is -2.49. The van der Waals surface area contributed by atoms with Gasteiger partial charge in [-0.1, -0.05) is 0 Å². The molecule has 1 aromatic carbocycles. The highest BCUT2D eigenvalue weighted by Crippen LogP contribution is 2.40. The number of hydrogen-bond donors (Lipinski definition) is 1. The van der Waals surface area contributed by atoms with E-state index in [1.807, 2.05) is 30.8 Å². The van der Waals surface area contributed by atoms with Crippen molar-refractivity contribution in [3.8, 4) is 11.8 Å². The number of likely N-dealkylation sites (tertiary alicyclic amines) is 1. The lowest BCUT2D eigenvalue weighted by atomic mass is 9.84. The Balaban J connectivity index is 1.60. The minimum absolute atomic E-state index is 0.000157. The van der Waals surface area contributed by atoms with Crippen LogP contribution in [0.3, 0.4) is 0 Å². The number of amides is 2. The minimum atomic E-state index is -4.57. The number of hydrogen-bond acceptors (Lipinski definition) is 5. The number of ether oxygens (including phenoxy) is 1. The van der Waals surface area contributed by atoms with Gasteiger partial charge in [0.25, 0.3) is 5.91 Å². The number of fused-ring (bicyclic) bond motifs is 1. The fourth-order valence-corrected chi connectivity index (χ4v) is 5.27. The van der Waals surface area contributed by atoms with Crippen LogP contribution in [0.25, 0.3) is 11.0 Å². The zero-order valence-electron chi connectivity index (χ0n) is 22.4. The number of carbonyl (C=O) groups is 2. The maximum Gasteiger partial charge on any atom is 0.400 e. The molecule has 8 nitrogen and oxygen atoms in total. The van der Waals surface area contributed by atoms with Crippen molar-refractivity contribution >= 4 is 28.5 Å². The first-order valence-corrected chi connectivity index (χ1v) is 12.6. The standard InChI is InChI=1S/C28H30F3N5O3/c1-15-10-18(8-9-36(15)27(38)17(3)28(29,30)31)21-14-35(4)25-24(21)16(2)22(13-33-25)34-26(37)19-6-7-23(39-5)20(11-19)12-32/h6-7,11,13-15,17-18H,8-10H2,1-5H3,(H,34,37)/t15-,17+,18+/m0/s1. The van der Waals surface area contributed by atoms with Crippen LogP contribution < -0.4 is 10.1 Å². The number of benzene rings is 1. The number of piperidine rings is 1. The molecule has 0 bridgehead atoms. The molecule has 3 heterocycles. The first-order chi connectivity index (χ1) is 18.4. The molecule has 0 spiro atoms. The van der Waals surface area contributed by atoms with Crippen molar-refractivity contribution in [2.45, 2.75) is 51.7 Å². The summed E-state index contributed by atoms with van der Waals surface area (Å²) in [6, 6.07) is 6.24. The third kappa shape index (κ3) is 5.28. The van der Waals surface area contributed by atoms with Crippen molar-refractivity contribution in [3.05, 3.63) is 52.8 Å². The van der Waals surface area contributed by atoms with Crippen LogP contribution in [0.2, 0.25) is 0 Å². The summed E-state index contributed by atoms with van der Waals surface area (Å²) in [5.74, 6) is -2.97. The van der Waals surface area contributed by atoms with E-state index in [4.69, 9.17) is 4.74 Å². The predicted octanol–water partition coefficient (Wildman–Crippen LogP) is 5.31. The number of nitrogens with one attached hydrogen (secondary N) is 1. The summed E-state index contributed by atoms with van der Waals surface area (Å²) in [7, 11) is 3.31. The van der Waals surface area contributed by atoms with Gasteiger partial charge in [0, 0.05) is 36.8 Å². The summed E-state index contributed by atoms with van der Waals surface area (Å²) >= 11 is 0. The minimum Gasteiger partial charge on any atom is -0.495 e. The summed E-state index contributed by atoms with van der Waals surface area (Å²) in [5.41, 5.74) is 3.54. The third-order valence-electron chi connectivity index (χ3n) is 7.56. The molecule has 1 fully saturated rings. The van der Waals surface area contributed by atoms with Gasteiger partial charge in [-0.05, 0) is 68.9 Å². The van der Waals surface area contributed by atoms with Crippen molar-refractivity contribution < 1.29 is 27.5 Å². The van der Waals surface area contributed by atoms with E-state index in [1.165, 1.54) is 18.1 Å². The zero-order valence-corrected chi connectivity index (χ0v) is 22.4. The Bertz CT molecular complexity index is 1470. The molecular formula is C28H30F3N5O3. The molecule has 206 valence electrons. The Morgan fingerprint density at radius 3 is 2.64 bits per heavy atom. The van der Waals surface area contributed by atoms with Gasteiger partial charge in [-0.2, -0.15) is 18.4 Å². The largest absolute Gasteiger partial charge is 0.495 e. The number of nitrogens with zero attached hydrogens (tertiary/aromatic N) is 4. The number of carbonyl (C=O) groups excluding carboxylic acids is 2. The molecule has 3 atom stereocenters. The van der Waals surface area contributed by atoms with Crippen molar-refractivity contribution in [3.63, 3.8) is 0 Å². The molecule has 3 aromatic rings. The maximum atomic E-state index is 13.1. The van der Waals surface area contributed by atoms with Gasteiger partial charge < -0.3 is 19.5 Å². The van der Waals surface area contributed by atoms with Gasteiger partial charge in [-0.25, -0.2) is 4.98 Å². The van der Waals surface area contributed by atoms with Crippen molar-refractivity contribution in [2.75, 3.05) is 19.0 Å². The van der Waals surface area contributed by atoms with Gasteiger partial charge in [-0.15, -0.1) is 0 Å². The summed E-state index contributed by atoms with van der Waals surface area (Å²) in [6.07, 6.45) is -0.00957. The fraction of sp³-hybridized carbons (Fsp3) is 0.429. The Morgan fingerprint density at radius 2 is 2.03 bits per heavy atom. The van der Waals surface area contributed by atoms with Gasteiger partial charge in [0.05, 0.1) is 24.6 Å². The lowest BCUT2D eigenvalue weighted by molar-refractivity contribution is -0.187. The van der Waals surface area contributed by atoms with E-state index >= 15 is 0 Å². The Morgan fingerprint density at radius 1 is 1.31 bits per heavy atom. The molecule has 1 aliphatic rings. The molecule has 2 aromatic heterocycles. The van der Waals surface area contributed by atoms with Crippen LogP contribution in [0.1, 0.15) is 59.7 Å². The first kappa shape index (κ1) is 28.0. The summed E-state index contributed by atoms with van der Waals surface area (Å²) in [5, 5.41) is 13.1. The predicted molar refractivity (Wildman–Crippen MR) is 139 cm³/mol. The van der Waals surface area contributed by atoms with Gasteiger partial charge in [0.1, 0.15) is 23.4 Å². The van der Waals surface area contributed by atoms with Crippen molar-refractivity contribution in [1.82, 2.24) is 14.5 Å². The van der Waals surface area contributed by atoms with Crippen LogP contribution in [0.15, 0.2) is 30.6 Å². The molecule has 1 aliphatic heterocycles. The first-order valence-electron chi connectivity index (χ1n) is 12.6. The van der Waals surface area contributed by atoms with Gasteiger partial charge in [0.2, 0.25) is 5.91 Å². The SMILES string of the molecule is COc1ccc(C(=O)Nc2cnc3c(c([C@@H]4CCN(C(=O)[C@@H](C)C(F)(F)F)[C@@H](C)C4)cn3C)c2C)cc1C#N. The molecule has 1 N–H and O–H groups in total. The topological polar surface area (TPSA) is 100 Å². The highest BCUT2D eigenvalue weighted by Gasteiger charge is 2.45. The Hall–Kier alpha value is -4.07. The number of halogens is 3. The van der Waals surface area contributed by atoms with E-state index in [0.29, 0.717) is 35.5 Å². The lowest BCUT2D eigenvalue weighted by Gasteiger charge is -2.39. The number of methoxy groups -OCH3 is 1. The van der Waals surface area contributed by atoms with Crippen LogP contribution in [0.5, 0.6) is 5.75 Å². The smallest absolute Gasteiger partial charge is 0.400 e. The molecule has 0 unspecified atom stereocenters. The molecule has 4 rings (SSSR count). The highest BCUT2D eigenvalue weighted by atomic mass is 19.4. The Labute approximate surface area is 224 Å². The van der Waals surface area contributed by atoms with Crippen LogP contribution in [0, 0.1) is 24.2 Å². The number of anilines is 1. The van der Waals surface area contributed by atoms with E-state index in [1.54, 1.807) is 25.3 Å². The monoisotopic (exact) mass is 541 g/mol. The van der Waals surface area contributed by atoms with Crippen LogP contribution in [-0.2, 0) is 11.8 Å². The zero-order chi connectivity index (χ0) is 28.6. The normalized spacial score (nSPS) is 18.5. The number of nitriles is 1. The van der Waals surface area contributed by atoms with Crippen LogP contribution in [-0.4, -0.2) is 52.1 Å². The van der Waals surface area contributed by atoms with Crippen LogP contribution >= 0.6 is 0 Å². The van der Waals surface area contributed by atoms with Crippen LogP contribution in [0.4, 0.5) is 18.9 Å². The fourth-order valence-electron chi connectivity index (χ4n) is 5.27. The van der Waals surface area contributed by atoms with E-state index in [9.17, 15) is 28.0 Å². The number of aryl methyl sites for hydroxylation is 2.